The van der Waals surface area contributed by atoms with Gasteiger partial charge in [0, 0.05) is 12.3 Å². The van der Waals surface area contributed by atoms with Crippen LogP contribution in [-0.2, 0) is 14.3 Å². The Balaban J connectivity index is 2.55. The molecule has 0 saturated heterocycles. The number of carbonyl (C=O) groups excluding carboxylic acids is 2. The zero-order chi connectivity index (χ0) is 15.3. The molecule has 1 N–H and O–H groups in total. The molecule has 7 heteroatoms. The molecule has 0 spiro atoms. The number of hydrogen-bond donors (Lipinski definition) is 1. The van der Waals surface area contributed by atoms with Gasteiger partial charge in [-0.1, -0.05) is 32.1 Å². The summed E-state index contributed by atoms with van der Waals surface area (Å²) in [6, 6.07) is 0. The van der Waals surface area contributed by atoms with Crippen LogP contribution in [0.4, 0.5) is 5.13 Å². The molecule has 0 atom stereocenters. The molecule has 0 fully saturated rings. The molecule has 0 aliphatic heterocycles. The minimum absolute atomic E-state index is 0.0993. The molecule has 0 radical (unpaired) electrons. The van der Waals surface area contributed by atoms with Gasteiger partial charge >= 0.3 is 5.97 Å². The summed E-state index contributed by atoms with van der Waals surface area (Å²) < 4.78 is 10.2. The summed E-state index contributed by atoms with van der Waals surface area (Å²) in [5, 5.41) is 3.26. The van der Waals surface area contributed by atoms with E-state index in [0.717, 1.165) is 4.88 Å². The Morgan fingerprint density at radius 3 is 2.50 bits per heavy atom. The molecule has 0 aliphatic rings. The first-order chi connectivity index (χ1) is 9.20. The minimum atomic E-state index is -0.476. The number of aromatic nitrogens is 1. The van der Waals surface area contributed by atoms with Gasteiger partial charge in [-0.3, -0.25) is 9.59 Å². The fourth-order valence-electron chi connectivity index (χ4n) is 1.18. The molecule has 0 aromatic carbocycles. The molecule has 1 rings (SSSR count). The maximum atomic E-state index is 11.8. The Labute approximate surface area is 122 Å². The van der Waals surface area contributed by atoms with Crippen molar-refractivity contribution in [2.45, 2.75) is 34.6 Å². The third kappa shape index (κ3) is 5.16. The number of thiazole rings is 1. The highest BCUT2D eigenvalue weighted by Crippen LogP contribution is 2.29. The van der Waals surface area contributed by atoms with Gasteiger partial charge in [0.1, 0.15) is 13.2 Å². The number of rotatable bonds is 5. The van der Waals surface area contributed by atoms with Crippen molar-refractivity contribution in [3.05, 3.63) is 4.88 Å². The third-order valence-electron chi connectivity index (χ3n) is 2.28. The lowest BCUT2D eigenvalue weighted by Crippen LogP contribution is -2.27. The van der Waals surface area contributed by atoms with Crippen LogP contribution < -0.4 is 10.1 Å². The maximum absolute atomic E-state index is 11.8. The Bertz CT molecular complexity index is 491. The summed E-state index contributed by atoms with van der Waals surface area (Å²) in [6.07, 6.45) is 0. The Morgan fingerprint density at radius 1 is 1.30 bits per heavy atom. The zero-order valence-electron chi connectivity index (χ0n) is 12.4. The van der Waals surface area contributed by atoms with Crippen LogP contribution >= 0.6 is 11.3 Å². The van der Waals surface area contributed by atoms with Crippen LogP contribution in [0.2, 0.25) is 0 Å². The first-order valence-corrected chi connectivity index (χ1v) is 7.07. The van der Waals surface area contributed by atoms with E-state index >= 15 is 0 Å². The molecule has 112 valence electrons. The van der Waals surface area contributed by atoms with Crippen molar-refractivity contribution >= 4 is 28.3 Å². The second-order valence-corrected chi connectivity index (χ2v) is 6.48. The van der Waals surface area contributed by atoms with E-state index in [0.29, 0.717) is 11.0 Å². The summed E-state index contributed by atoms with van der Waals surface area (Å²) >= 11 is 1.35. The monoisotopic (exact) mass is 300 g/mol. The van der Waals surface area contributed by atoms with Crippen molar-refractivity contribution in [2.24, 2.45) is 5.41 Å². The van der Waals surface area contributed by atoms with Gasteiger partial charge in [-0.15, -0.1) is 0 Å². The maximum Gasteiger partial charge on any atom is 0.302 e. The lowest BCUT2D eigenvalue weighted by Gasteiger charge is -2.15. The Kier molecular flexibility index (Phi) is 5.50. The molecular weight excluding hydrogens is 280 g/mol. The van der Waals surface area contributed by atoms with Crippen LogP contribution in [0.25, 0.3) is 0 Å². The molecule has 20 heavy (non-hydrogen) atoms. The lowest BCUT2D eigenvalue weighted by atomic mass is 9.96. The van der Waals surface area contributed by atoms with Crippen LogP contribution in [0.5, 0.6) is 5.88 Å². The average Bonchev–Trinajstić information content (AvgIpc) is 2.63. The average molecular weight is 300 g/mol. The number of amides is 1. The van der Waals surface area contributed by atoms with E-state index in [1.54, 1.807) is 0 Å². The fraction of sp³-hybridized carbons (Fsp3) is 0.615. The van der Waals surface area contributed by atoms with Gasteiger partial charge in [-0.2, -0.15) is 4.98 Å². The SMILES string of the molecule is CC(=O)OCCOc1nc(NC(=O)C(C)(C)C)sc1C. The smallest absolute Gasteiger partial charge is 0.302 e. The second kappa shape index (κ2) is 6.69. The van der Waals surface area contributed by atoms with Crippen molar-refractivity contribution in [2.75, 3.05) is 18.5 Å². The second-order valence-electron chi connectivity index (χ2n) is 5.27. The van der Waals surface area contributed by atoms with E-state index in [-0.39, 0.29) is 25.1 Å². The van der Waals surface area contributed by atoms with Crippen molar-refractivity contribution < 1.29 is 19.1 Å². The summed E-state index contributed by atoms with van der Waals surface area (Å²) in [6.45, 7) is 9.10. The molecule has 0 unspecified atom stereocenters. The highest BCUT2D eigenvalue weighted by Gasteiger charge is 2.22. The van der Waals surface area contributed by atoms with Gasteiger partial charge in [-0.25, -0.2) is 0 Å². The van der Waals surface area contributed by atoms with Crippen LogP contribution in [0, 0.1) is 12.3 Å². The summed E-state index contributed by atoms with van der Waals surface area (Å²) in [4.78, 5) is 27.5. The fourth-order valence-corrected chi connectivity index (χ4v) is 1.93. The number of hydrogen-bond acceptors (Lipinski definition) is 6. The predicted octanol–water partition coefficient (Wildman–Crippen LogP) is 2.38. The highest BCUT2D eigenvalue weighted by molar-refractivity contribution is 7.16. The number of anilines is 1. The topological polar surface area (TPSA) is 77.5 Å². The van der Waals surface area contributed by atoms with Crippen LogP contribution in [-0.4, -0.2) is 30.1 Å². The van der Waals surface area contributed by atoms with E-state index in [2.05, 4.69) is 10.3 Å². The molecular formula is C13H20N2O4S. The molecule has 6 nitrogen and oxygen atoms in total. The number of nitrogens with one attached hydrogen (secondary N) is 1. The number of nitrogens with zero attached hydrogens (tertiary/aromatic N) is 1. The molecule has 1 aromatic rings. The van der Waals surface area contributed by atoms with E-state index < -0.39 is 5.41 Å². The molecule has 0 aliphatic carbocycles. The van der Waals surface area contributed by atoms with E-state index in [4.69, 9.17) is 9.47 Å². The van der Waals surface area contributed by atoms with Gasteiger partial charge in [0.2, 0.25) is 11.8 Å². The Hall–Kier alpha value is -1.63. The minimum Gasteiger partial charge on any atom is -0.473 e. The number of ether oxygens (including phenoxy) is 2. The van der Waals surface area contributed by atoms with Gasteiger partial charge in [0.05, 0.1) is 4.88 Å². The van der Waals surface area contributed by atoms with Crippen molar-refractivity contribution in [1.82, 2.24) is 4.98 Å². The van der Waals surface area contributed by atoms with Crippen LogP contribution in [0.3, 0.4) is 0 Å². The zero-order valence-corrected chi connectivity index (χ0v) is 13.2. The van der Waals surface area contributed by atoms with Crippen LogP contribution in [0.1, 0.15) is 32.6 Å². The van der Waals surface area contributed by atoms with E-state index in [1.807, 2.05) is 27.7 Å². The van der Waals surface area contributed by atoms with Crippen LogP contribution in [0.15, 0.2) is 0 Å². The Morgan fingerprint density at radius 2 is 1.95 bits per heavy atom. The van der Waals surface area contributed by atoms with Gasteiger partial charge in [0.25, 0.3) is 0 Å². The van der Waals surface area contributed by atoms with Crippen molar-refractivity contribution in [3.8, 4) is 5.88 Å². The van der Waals surface area contributed by atoms with Gasteiger partial charge in [-0.05, 0) is 6.92 Å². The van der Waals surface area contributed by atoms with Gasteiger partial charge < -0.3 is 14.8 Å². The first kappa shape index (κ1) is 16.4. The quantitative estimate of drug-likeness (QED) is 0.667. The highest BCUT2D eigenvalue weighted by atomic mass is 32.1. The van der Waals surface area contributed by atoms with Gasteiger partial charge in [0.15, 0.2) is 5.13 Å². The molecule has 0 saturated carbocycles. The normalized spacial score (nSPS) is 11.1. The predicted molar refractivity (Wildman–Crippen MR) is 77.1 cm³/mol. The summed E-state index contributed by atoms with van der Waals surface area (Å²) in [5.41, 5.74) is -0.476. The molecule has 1 aromatic heterocycles. The number of esters is 1. The standard InChI is InChI=1S/C13H20N2O4S/c1-8-10(19-7-6-18-9(2)16)14-12(20-8)15-11(17)13(3,4)5/h6-7H2,1-5H3,(H,14,15,17). The third-order valence-corrected chi connectivity index (χ3v) is 3.15. The van der Waals surface area contributed by atoms with E-state index in [1.165, 1.54) is 18.3 Å². The largest absolute Gasteiger partial charge is 0.473 e. The van der Waals surface area contributed by atoms with Crippen molar-refractivity contribution in [3.63, 3.8) is 0 Å². The number of aryl methyl sites for hydroxylation is 1. The number of carbonyl (C=O) groups is 2. The summed E-state index contributed by atoms with van der Waals surface area (Å²) in [5.74, 6) is 0.00537. The first-order valence-electron chi connectivity index (χ1n) is 6.25. The summed E-state index contributed by atoms with van der Waals surface area (Å²) in [7, 11) is 0. The molecule has 0 bridgehead atoms. The molecule has 1 heterocycles. The van der Waals surface area contributed by atoms with Crippen molar-refractivity contribution in [1.29, 1.82) is 0 Å². The van der Waals surface area contributed by atoms with E-state index in [9.17, 15) is 9.59 Å². The molecule has 1 amide bonds. The lowest BCUT2D eigenvalue weighted by molar-refractivity contribution is -0.141.